The van der Waals surface area contributed by atoms with Crippen LogP contribution in [-0.2, 0) is 4.79 Å². The first-order chi connectivity index (χ1) is 9.45. The Labute approximate surface area is 114 Å². The van der Waals surface area contributed by atoms with E-state index in [-0.39, 0.29) is 17.9 Å². The smallest absolute Gasteiger partial charge is 0.387 e. The summed E-state index contributed by atoms with van der Waals surface area (Å²) in [7, 11) is 0. The molecule has 5 nitrogen and oxygen atoms in total. The Kier molecular flexibility index (Phi) is 5.89. The minimum absolute atomic E-state index is 0.0620. The lowest BCUT2D eigenvalue weighted by molar-refractivity contribution is -0.141. The van der Waals surface area contributed by atoms with E-state index in [4.69, 9.17) is 5.11 Å². The molecule has 1 aromatic carbocycles. The summed E-state index contributed by atoms with van der Waals surface area (Å²) in [6.45, 7) is -1.43. The predicted octanol–water partition coefficient (Wildman–Crippen LogP) is 2.13. The fourth-order valence-corrected chi connectivity index (χ4v) is 1.57. The first kappa shape index (κ1) is 15.9. The van der Waals surface area contributed by atoms with Crippen molar-refractivity contribution in [2.24, 2.45) is 5.92 Å². The number of para-hydroxylation sites is 1. The van der Waals surface area contributed by atoms with Crippen LogP contribution in [0.2, 0.25) is 0 Å². The molecule has 0 aliphatic rings. The Bertz CT molecular complexity index is 479. The van der Waals surface area contributed by atoms with E-state index in [1.54, 1.807) is 6.92 Å². The molecule has 1 rings (SSSR count). The summed E-state index contributed by atoms with van der Waals surface area (Å²) < 4.78 is 28.7. The molecule has 0 bridgehead atoms. The van der Waals surface area contributed by atoms with E-state index in [1.165, 1.54) is 24.3 Å². The van der Waals surface area contributed by atoms with Crippen molar-refractivity contribution in [1.29, 1.82) is 0 Å². The van der Waals surface area contributed by atoms with Crippen LogP contribution in [0.3, 0.4) is 0 Å². The second-order valence-electron chi connectivity index (χ2n) is 4.03. The highest BCUT2D eigenvalue weighted by Crippen LogP contribution is 2.20. The van der Waals surface area contributed by atoms with E-state index in [1.807, 2.05) is 0 Å². The third kappa shape index (κ3) is 4.49. The molecule has 1 atom stereocenters. The van der Waals surface area contributed by atoms with Crippen molar-refractivity contribution in [1.82, 2.24) is 5.32 Å². The van der Waals surface area contributed by atoms with Gasteiger partial charge in [-0.2, -0.15) is 8.78 Å². The minimum Gasteiger partial charge on any atom is -0.481 e. The number of carboxylic acids is 1. The fraction of sp³-hybridized carbons (Fsp3) is 0.385. The van der Waals surface area contributed by atoms with Gasteiger partial charge in [-0.1, -0.05) is 19.1 Å². The number of benzene rings is 1. The molecular formula is C13H15F2NO4. The average molecular weight is 287 g/mol. The number of amides is 1. The van der Waals surface area contributed by atoms with Gasteiger partial charge in [-0.3, -0.25) is 9.59 Å². The highest BCUT2D eigenvalue weighted by atomic mass is 19.3. The lowest BCUT2D eigenvalue weighted by atomic mass is 10.1. The second-order valence-corrected chi connectivity index (χ2v) is 4.03. The highest BCUT2D eigenvalue weighted by molar-refractivity contribution is 5.97. The van der Waals surface area contributed by atoms with E-state index in [9.17, 15) is 18.4 Å². The maximum atomic E-state index is 12.2. The van der Waals surface area contributed by atoms with Crippen LogP contribution in [0.4, 0.5) is 8.78 Å². The molecule has 7 heteroatoms. The average Bonchev–Trinajstić information content (AvgIpc) is 2.38. The molecule has 2 N–H and O–H groups in total. The number of hydrogen-bond donors (Lipinski definition) is 2. The number of nitrogens with one attached hydrogen (secondary N) is 1. The minimum atomic E-state index is -3.04. The molecule has 1 unspecified atom stereocenters. The van der Waals surface area contributed by atoms with Crippen LogP contribution in [0, 0.1) is 5.92 Å². The molecule has 0 saturated heterocycles. The van der Waals surface area contributed by atoms with Gasteiger partial charge in [0.2, 0.25) is 0 Å². The van der Waals surface area contributed by atoms with Gasteiger partial charge in [-0.05, 0) is 18.6 Å². The lowest BCUT2D eigenvalue weighted by Gasteiger charge is -2.13. The molecule has 0 aromatic heterocycles. The maximum absolute atomic E-state index is 12.2. The number of halogens is 2. The molecule has 0 spiro atoms. The van der Waals surface area contributed by atoms with Crippen molar-refractivity contribution in [3.63, 3.8) is 0 Å². The van der Waals surface area contributed by atoms with Gasteiger partial charge in [0, 0.05) is 6.54 Å². The summed E-state index contributed by atoms with van der Waals surface area (Å²) in [5, 5.41) is 11.3. The van der Waals surface area contributed by atoms with Crippen LogP contribution >= 0.6 is 0 Å². The summed E-state index contributed by atoms with van der Waals surface area (Å²) in [4.78, 5) is 22.7. The molecule has 0 aliphatic heterocycles. The zero-order chi connectivity index (χ0) is 15.1. The van der Waals surface area contributed by atoms with Gasteiger partial charge in [0.05, 0.1) is 11.5 Å². The van der Waals surface area contributed by atoms with E-state index in [0.717, 1.165) is 0 Å². The summed E-state index contributed by atoms with van der Waals surface area (Å²) >= 11 is 0. The number of carbonyl (C=O) groups is 2. The van der Waals surface area contributed by atoms with Crippen molar-refractivity contribution in [2.75, 3.05) is 6.54 Å². The molecule has 0 radical (unpaired) electrons. The zero-order valence-corrected chi connectivity index (χ0v) is 10.8. The van der Waals surface area contributed by atoms with Crippen molar-refractivity contribution >= 4 is 11.9 Å². The summed E-state index contributed by atoms with van der Waals surface area (Å²) in [5.41, 5.74) is -0.0620. The molecule has 0 aliphatic carbocycles. The normalized spacial score (nSPS) is 12.0. The highest BCUT2D eigenvalue weighted by Gasteiger charge is 2.19. The van der Waals surface area contributed by atoms with Crippen LogP contribution < -0.4 is 10.1 Å². The third-order valence-electron chi connectivity index (χ3n) is 2.70. The zero-order valence-electron chi connectivity index (χ0n) is 10.8. The largest absolute Gasteiger partial charge is 0.481 e. The number of carboxylic acid groups (broad SMARTS) is 1. The second kappa shape index (κ2) is 7.42. The summed E-state index contributed by atoms with van der Waals surface area (Å²) in [6.07, 6.45) is 0.352. The number of aliphatic carboxylic acids is 1. The number of rotatable bonds is 7. The molecule has 0 saturated carbocycles. The topological polar surface area (TPSA) is 75.6 Å². The monoisotopic (exact) mass is 287 g/mol. The van der Waals surface area contributed by atoms with Crippen LogP contribution in [0.25, 0.3) is 0 Å². The van der Waals surface area contributed by atoms with E-state index >= 15 is 0 Å². The van der Waals surface area contributed by atoms with Gasteiger partial charge in [-0.25, -0.2) is 0 Å². The number of ether oxygens (including phenoxy) is 1. The molecule has 1 amide bonds. The fourth-order valence-electron chi connectivity index (χ4n) is 1.57. The van der Waals surface area contributed by atoms with Crippen LogP contribution in [0.5, 0.6) is 5.75 Å². The Morgan fingerprint density at radius 2 is 2.00 bits per heavy atom. The molecule has 110 valence electrons. The molecule has 1 aromatic rings. The maximum Gasteiger partial charge on any atom is 0.387 e. The molecular weight excluding hydrogens is 272 g/mol. The van der Waals surface area contributed by atoms with Crippen molar-refractivity contribution in [2.45, 2.75) is 20.0 Å². The quantitative estimate of drug-likeness (QED) is 0.805. The molecule has 0 fully saturated rings. The molecule has 20 heavy (non-hydrogen) atoms. The Balaban J connectivity index is 2.74. The van der Waals surface area contributed by atoms with Gasteiger partial charge in [0.25, 0.3) is 5.91 Å². The predicted molar refractivity (Wildman–Crippen MR) is 66.8 cm³/mol. The molecule has 0 heterocycles. The van der Waals surface area contributed by atoms with Crippen molar-refractivity contribution < 1.29 is 28.2 Å². The van der Waals surface area contributed by atoms with Crippen LogP contribution in [-0.4, -0.2) is 30.1 Å². The standard InChI is InChI=1S/C13H15F2NO4/c1-2-8(12(18)19)7-16-11(17)9-5-3-4-6-10(9)20-13(14)15/h3-6,8,13H,2,7H2,1H3,(H,16,17)(H,18,19). The van der Waals surface area contributed by atoms with Gasteiger partial charge in [-0.15, -0.1) is 0 Å². The van der Waals surface area contributed by atoms with Gasteiger partial charge >= 0.3 is 12.6 Å². The first-order valence-corrected chi connectivity index (χ1v) is 6.00. The van der Waals surface area contributed by atoms with Crippen LogP contribution in [0.15, 0.2) is 24.3 Å². The van der Waals surface area contributed by atoms with Gasteiger partial charge in [0.15, 0.2) is 0 Å². The van der Waals surface area contributed by atoms with Crippen molar-refractivity contribution in [3.8, 4) is 5.75 Å². The van der Waals surface area contributed by atoms with Crippen LogP contribution in [0.1, 0.15) is 23.7 Å². The Morgan fingerprint density at radius 3 is 2.55 bits per heavy atom. The summed E-state index contributed by atoms with van der Waals surface area (Å²) in [5.74, 6) is -2.64. The third-order valence-corrected chi connectivity index (χ3v) is 2.70. The number of hydrogen-bond acceptors (Lipinski definition) is 3. The lowest BCUT2D eigenvalue weighted by Crippen LogP contribution is -2.32. The van der Waals surface area contributed by atoms with E-state index in [2.05, 4.69) is 10.1 Å². The van der Waals surface area contributed by atoms with Crippen molar-refractivity contribution in [3.05, 3.63) is 29.8 Å². The Morgan fingerprint density at radius 1 is 1.35 bits per heavy atom. The van der Waals surface area contributed by atoms with E-state index in [0.29, 0.717) is 6.42 Å². The first-order valence-electron chi connectivity index (χ1n) is 6.00. The number of carbonyl (C=O) groups excluding carboxylic acids is 1. The number of alkyl halides is 2. The summed E-state index contributed by atoms with van der Waals surface area (Å²) in [6, 6.07) is 5.53. The van der Waals surface area contributed by atoms with E-state index < -0.39 is 24.4 Å². The van der Waals surface area contributed by atoms with Gasteiger partial charge in [0.1, 0.15) is 5.75 Å². The Hall–Kier alpha value is -2.18. The SMILES string of the molecule is CCC(CNC(=O)c1ccccc1OC(F)F)C(=O)O. The van der Waals surface area contributed by atoms with Gasteiger partial charge < -0.3 is 15.2 Å².